The molecular formula is C23H29NO6S2. The molecule has 1 aliphatic rings. The molecule has 32 heavy (non-hydrogen) atoms. The third kappa shape index (κ3) is 5.15. The van der Waals surface area contributed by atoms with E-state index in [1.54, 1.807) is 26.8 Å². The van der Waals surface area contributed by atoms with E-state index in [1.807, 2.05) is 37.3 Å². The number of aliphatic carboxylic acids is 1. The summed E-state index contributed by atoms with van der Waals surface area (Å²) in [7, 11) is -3.88. The van der Waals surface area contributed by atoms with Crippen molar-refractivity contribution in [1.29, 1.82) is 0 Å². The Morgan fingerprint density at radius 1 is 1.12 bits per heavy atom. The van der Waals surface area contributed by atoms with E-state index >= 15 is 0 Å². The van der Waals surface area contributed by atoms with Crippen molar-refractivity contribution in [2.75, 3.05) is 18.8 Å². The van der Waals surface area contributed by atoms with Gasteiger partial charge in [0, 0.05) is 22.8 Å². The number of hydrogen-bond donors (Lipinski definition) is 1. The van der Waals surface area contributed by atoms with Crippen molar-refractivity contribution in [2.45, 2.75) is 50.9 Å². The summed E-state index contributed by atoms with van der Waals surface area (Å²) in [5.74, 6) is -1.51. The molecule has 1 amide bonds. The number of nitrogens with zero attached hydrogens (tertiary/aromatic N) is 1. The standard InChI is InChI=1S/C23H29NO6S2/c1-16-5-7-17(8-6-16)18-9-10-19(31-18)23(15-20(25)26)11-12-24(13-14-32(23,28)29)21(27)30-22(2,3)4/h5-10H,11-15H2,1-4H3,(H,25,26). The molecule has 2 aromatic rings. The second-order valence-electron chi connectivity index (χ2n) is 9.13. The Bertz CT molecular complexity index is 1100. The zero-order chi connectivity index (χ0) is 23.7. The number of carboxylic acids is 1. The van der Waals surface area contributed by atoms with Gasteiger partial charge in [0.25, 0.3) is 0 Å². The summed E-state index contributed by atoms with van der Waals surface area (Å²) in [6.07, 6.45) is -1.15. The predicted molar refractivity (Wildman–Crippen MR) is 125 cm³/mol. The number of carbonyl (C=O) groups excluding carboxylic acids is 1. The monoisotopic (exact) mass is 479 g/mol. The average Bonchev–Trinajstić information content (AvgIpc) is 3.11. The normalized spacial score (nSPS) is 21.1. The topological polar surface area (TPSA) is 101 Å². The van der Waals surface area contributed by atoms with E-state index in [-0.39, 0.29) is 25.3 Å². The number of rotatable bonds is 4. The van der Waals surface area contributed by atoms with Gasteiger partial charge in [-0.05, 0) is 51.8 Å². The third-order valence-corrected chi connectivity index (χ3v) is 9.44. The van der Waals surface area contributed by atoms with Gasteiger partial charge in [0.1, 0.15) is 10.3 Å². The molecule has 7 nitrogen and oxygen atoms in total. The maximum atomic E-state index is 13.5. The first-order valence-electron chi connectivity index (χ1n) is 10.4. The molecule has 0 aliphatic carbocycles. The molecule has 2 heterocycles. The lowest BCUT2D eigenvalue weighted by Crippen LogP contribution is -2.39. The van der Waals surface area contributed by atoms with Crippen LogP contribution in [0.3, 0.4) is 0 Å². The van der Waals surface area contributed by atoms with Gasteiger partial charge in [-0.3, -0.25) is 4.79 Å². The quantitative estimate of drug-likeness (QED) is 0.695. The van der Waals surface area contributed by atoms with Crippen LogP contribution >= 0.6 is 11.3 Å². The number of aryl methyl sites for hydroxylation is 1. The lowest BCUT2D eigenvalue weighted by atomic mass is 9.97. The Labute approximate surface area is 192 Å². The number of thiophene rings is 1. The SMILES string of the molecule is Cc1ccc(-c2ccc(C3(CC(=O)O)CCN(C(=O)OC(C)(C)C)CCS3(=O)=O)s2)cc1. The van der Waals surface area contributed by atoms with Crippen LogP contribution < -0.4 is 0 Å². The van der Waals surface area contributed by atoms with E-state index in [4.69, 9.17) is 4.74 Å². The highest BCUT2D eigenvalue weighted by Crippen LogP contribution is 2.45. The fourth-order valence-corrected chi connectivity index (χ4v) is 7.38. The summed E-state index contributed by atoms with van der Waals surface area (Å²) in [5, 5.41) is 9.63. The van der Waals surface area contributed by atoms with E-state index in [0.29, 0.717) is 4.88 Å². The molecule has 0 saturated carbocycles. The molecule has 0 spiro atoms. The van der Waals surface area contributed by atoms with Crippen LogP contribution in [-0.4, -0.2) is 54.9 Å². The van der Waals surface area contributed by atoms with Crippen LogP contribution in [0.4, 0.5) is 4.79 Å². The van der Waals surface area contributed by atoms with Gasteiger partial charge in [-0.25, -0.2) is 13.2 Å². The van der Waals surface area contributed by atoms with Gasteiger partial charge in [-0.2, -0.15) is 0 Å². The van der Waals surface area contributed by atoms with Crippen LogP contribution in [0.1, 0.15) is 44.1 Å². The van der Waals surface area contributed by atoms with Crippen molar-refractivity contribution >= 4 is 33.2 Å². The van der Waals surface area contributed by atoms with E-state index in [9.17, 15) is 23.1 Å². The molecule has 1 aromatic heterocycles. The van der Waals surface area contributed by atoms with Crippen molar-refractivity contribution in [2.24, 2.45) is 0 Å². The van der Waals surface area contributed by atoms with Crippen molar-refractivity contribution in [3.05, 3.63) is 46.8 Å². The Hall–Kier alpha value is -2.39. The van der Waals surface area contributed by atoms with E-state index in [2.05, 4.69) is 0 Å². The van der Waals surface area contributed by atoms with Gasteiger partial charge >= 0.3 is 12.1 Å². The van der Waals surface area contributed by atoms with Gasteiger partial charge in [-0.1, -0.05) is 29.8 Å². The molecule has 1 fully saturated rings. The Morgan fingerprint density at radius 2 is 1.78 bits per heavy atom. The fraction of sp³-hybridized carbons (Fsp3) is 0.478. The zero-order valence-corrected chi connectivity index (χ0v) is 20.4. The highest BCUT2D eigenvalue weighted by Gasteiger charge is 2.50. The molecule has 0 radical (unpaired) electrons. The number of sulfone groups is 1. The van der Waals surface area contributed by atoms with Gasteiger partial charge in [0.05, 0.1) is 12.2 Å². The Balaban J connectivity index is 1.99. The van der Waals surface area contributed by atoms with E-state index in [1.165, 1.54) is 16.2 Å². The first-order chi connectivity index (χ1) is 14.8. The molecule has 174 valence electrons. The number of hydrogen-bond acceptors (Lipinski definition) is 6. The van der Waals surface area contributed by atoms with Gasteiger partial charge in [0.2, 0.25) is 0 Å². The fourth-order valence-electron chi connectivity index (χ4n) is 3.78. The van der Waals surface area contributed by atoms with Crippen LogP contribution in [0.15, 0.2) is 36.4 Å². The Morgan fingerprint density at radius 3 is 2.38 bits per heavy atom. The number of carbonyl (C=O) groups is 2. The molecular weight excluding hydrogens is 450 g/mol. The number of amides is 1. The second kappa shape index (κ2) is 8.86. The maximum Gasteiger partial charge on any atom is 0.410 e. The average molecular weight is 480 g/mol. The van der Waals surface area contributed by atoms with Crippen molar-refractivity contribution in [3.8, 4) is 10.4 Å². The first kappa shape index (κ1) is 24.3. The summed E-state index contributed by atoms with van der Waals surface area (Å²) in [6, 6.07) is 11.4. The lowest BCUT2D eigenvalue weighted by molar-refractivity contribution is -0.137. The summed E-state index contributed by atoms with van der Waals surface area (Å²) in [5.41, 5.74) is 1.34. The third-order valence-electron chi connectivity index (χ3n) is 5.49. The first-order valence-corrected chi connectivity index (χ1v) is 12.9. The summed E-state index contributed by atoms with van der Waals surface area (Å²) in [6.45, 7) is 7.28. The van der Waals surface area contributed by atoms with Crippen molar-refractivity contribution < 1.29 is 27.9 Å². The van der Waals surface area contributed by atoms with Crippen molar-refractivity contribution in [1.82, 2.24) is 4.90 Å². The van der Waals surface area contributed by atoms with Gasteiger partial charge < -0.3 is 14.7 Å². The maximum absolute atomic E-state index is 13.5. The summed E-state index contributed by atoms with van der Waals surface area (Å²) in [4.78, 5) is 27.1. The molecule has 1 aromatic carbocycles. The molecule has 3 rings (SSSR count). The minimum Gasteiger partial charge on any atom is -0.481 e. The lowest BCUT2D eigenvalue weighted by Gasteiger charge is -2.30. The number of ether oxygens (including phenoxy) is 1. The van der Waals surface area contributed by atoms with E-state index in [0.717, 1.165) is 16.0 Å². The van der Waals surface area contributed by atoms with Crippen LogP contribution in [0.25, 0.3) is 10.4 Å². The largest absolute Gasteiger partial charge is 0.481 e. The number of benzene rings is 1. The summed E-state index contributed by atoms with van der Waals surface area (Å²) < 4.78 is 30.7. The molecule has 9 heteroatoms. The van der Waals surface area contributed by atoms with Crippen LogP contribution in [0.2, 0.25) is 0 Å². The molecule has 1 N–H and O–H groups in total. The molecule has 1 aliphatic heterocycles. The second-order valence-corrected chi connectivity index (χ2v) is 12.6. The van der Waals surface area contributed by atoms with Gasteiger partial charge in [-0.15, -0.1) is 11.3 Å². The molecule has 1 unspecified atom stereocenters. The van der Waals surface area contributed by atoms with Crippen LogP contribution in [0.5, 0.6) is 0 Å². The smallest absolute Gasteiger partial charge is 0.410 e. The summed E-state index contributed by atoms with van der Waals surface area (Å²) >= 11 is 1.29. The minimum absolute atomic E-state index is 0.00523. The predicted octanol–water partition coefficient (Wildman–Crippen LogP) is 4.45. The Kier molecular flexibility index (Phi) is 6.72. The van der Waals surface area contributed by atoms with E-state index < -0.39 is 38.7 Å². The zero-order valence-electron chi connectivity index (χ0n) is 18.8. The van der Waals surface area contributed by atoms with Crippen molar-refractivity contribution in [3.63, 3.8) is 0 Å². The molecule has 0 bridgehead atoms. The highest BCUT2D eigenvalue weighted by molar-refractivity contribution is 7.92. The van der Waals surface area contributed by atoms with Crippen LogP contribution in [-0.2, 0) is 24.1 Å². The van der Waals surface area contributed by atoms with Gasteiger partial charge in [0.15, 0.2) is 9.84 Å². The minimum atomic E-state index is -3.88. The highest BCUT2D eigenvalue weighted by atomic mass is 32.2. The molecule has 1 atom stereocenters. The molecule has 1 saturated heterocycles. The van der Waals surface area contributed by atoms with Crippen LogP contribution in [0, 0.1) is 6.92 Å². The number of carboxylic acid groups (broad SMARTS) is 1.